The van der Waals surface area contributed by atoms with Gasteiger partial charge < -0.3 is 14.2 Å². The number of benzene rings is 3. The minimum atomic E-state index is -0.342. The fraction of sp³-hybridized carbons (Fsp3) is 0.312. The average Bonchev–Trinajstić information content (AvgIpc) is 2.97. The van der Waals surface area contributed by atoms with Gasteiger partial charge in [-0.25, -0.2) is 9.59 Å². The Labute approximate surface area is 230 Å². The number of alkyl halides is 1. The molecule has 0 N–H and O–H groups in total. The topological polar surface area (TPSA) is 61.8 Å². The van der Waals surface area contributed by atoms with E-state index in [1.807, 2.05) is 42.5 Å². The number of para-hydroxylation sites is 1. The molecule has 3 aromatic carbocycles. The van der Waals surface area contributed by atoms with Crippen LogP contribution in [-0.2, 0) is 22.3 Å². The van der Waals surface area contributed by atoms with Crippen LogP contribution in [0.1, 0.15) is 56.7 Å². The smallest absolute Gasteiger partial charge is 0.337 e. The first-order valence-corrected chi connectivity index (χ1v) is 13.4. The van der Waals surface area contributed by atoms with E-state index in [4.69, 9.17) is 25.8 Å². The largest absolute Gasteiger partial charge is 0.493 e. The van der Waals surface area contributed by atoms with E-state index < -0.39 is 0 Å². The molecule has 0 saturated carbocycles. The summed E-state index contributed by atoms with van der Waals surface area (Å²) >= 11 is 5.79. The van der Waals surface area contributed by atoms with Gasteiger partial charge in [0, 0.05) is 11.4 Å². The van der Waals surface area contributed by atoms with Crippen LogP contribution in [0.5, 0.6) is 5.75 Å². The second kappa shape index (κ2) is 15.6. The minimum Gasteiger partial charge on any atom is -0.493 e. The highest BCUT2D eigenvalue weighted by Crippen LogP contribution is 2.24. The van der Waals surface area contributed by atoms with E-state index in [9.17, 15) is 9.59 Å². The fourth-order valence-electron chi connectivity index (χ4n) is 4.11. The van der Waals surface area contributed by atoms with Crippen LogP contribution in [0.25, 0.3) is 6.08 Å². The highest BCUT2D eigenvalue weighted by molar-refractivity contribution is 6.17. The van der Waals surface area contributed by atoms with Gasteiger partial charge in [-0.15, -0.1) is 11.6 Å². The van der Waals surface area contributed by atoms with Gasteiger partial charge >= 0.3 is 11.9 Å². The van der Waals surface area contributed by atoms with Crippen LogP contribution in [0.4, 0.5) is 0 Å². The third-order valence-electron chi connectivity index (χ3n) is 6.30. The summed E-state index contributed by atoms with van der Waals surface area (Å²) in [6.45, 7) is 0.634. The summed E-state index contributed by atoms with van der Waals surface area (Å²) in [6.07, 6.45) is 8.79. The highest BCUT2D eigenvalue weighted by Gasteiger charge is 2.11. The van der Waals surface area contributed by atoms with Crippen molar-refractivity contribution >= 4 is 29.6 Å². The number of rotatable bonds is 14. The van der Waals surface area contributed by atoms with Gasteiger partial charge in [-0.1, -0.05) is 54.6 Å². The first kappa shape index (κ1) is 29.0. The van der Waals surface area contributed by atoms with Crippen molar-refractivity contribution in [3.63, 3.8) is 0 Å². The molecule has 1 unspecified atom stereocenters. The summed E-state index contributed by atoms with van der Waals surface area (Å²) in [5.41, 5.74) is 4.40. The van der Waals surface area contributed by atoms with E-state index in [1.54, 1.807) is 24.3 Å². The molecule has 3 aromatic rings. The number of aryl methyl sites for hydroxylation is 1. The number of carbonyl (C=O) groups excluding carboxylic acids is 2. The summed E-state index contributed by atoms with van der Waals surface area (Å²) in [4.78, 5) is 23.6. The molecule has 1 atom stereocenters. The average molecular weight is 535 g/mol. The molecule has 6 heteroatoms. The predicted molar refractivity (Wildman–Crippen MR) is 152 cm³/mol. The number of methoxy groups -OCH3 is 2. The number of halogens is 1. The van der Waals surface area contributed by atoms with Crippen molar-refractivity contribution in [3.8, 4) is 5.75 Å². The maximum Gasteiger partial charge on any atom is 0.337 e. The van der Waals surface area contributed by atoms with E-state index in [0.29, 0.717) is 23.6 Å². The second-order valence-electron chi connectivity index (χ2n) is 9.02. The van der Waals surface area contributed by atoms with Gasteiger partial charge in [0.15, 0.2) is 0 Å². The monoisotopic (exact) mass is 534 g/mol. The molecule has 0 saturated heterocycles. The molecule has 0 aliphatic carbocycles. The van der Waals surface area contributed by atoms with Gasteiger partial charge in [0.2, 0.25) is 0 Å². The lowest BCUT2D eigenvalue weighted by Gasteiger charge is -2.15. The Morgan fingerprint density at radius 3 is 2.03 bits per heavy atom. The Hall–Kier alpha value is -3.57. The molecular weight excluding hydrogens is 500 g/mol. The zero-order valence-electron chi connectivity index (χ0n) is 22.0. The normalized spacial score (nSPS) is 11.8. The maximum absolute atomic E-state index is 11.8. The standard InChI is InChI=1S/C32H35ClO5/c1-36-31(34)28-17-11-24(12-18-28)9-10-25(23-26-14-19-29(20-15-26)32(35)37-2)13-16-27-7-3-4-8-30(27)38-22-6-5-21-33/h3-4,7-8,11-20,25H,5-6,9-10,21-23H2,1-2H3. The number of ether oxygens (including phenoxy) is 3. The summed E-state index contributed by atoms with van der Waals surface area (Å²) in [5, 5.41) is 0. The zero-order chi connectivity index (χ0) is 27.2. The Morgan fingerprint density at radius 2 is 1.42 bits per heavy atom. The van der Waals surface area contributed by atoms with Gasteiger partial charge in [0.1, 0.15) is 5.75 Å². The van der Waals surface area contributed by atoms with Gasteiger partial charge in [-0.2, -0.15) is 0 Å². The Bertz CT molecular complexity index is 1190. The van der Waals surface area contributed by atoms with Crippen molar-refractivity contribution in [2.24, 2.45) is 5.92 Å². The van der Waals surface area contributed by atoms with Crippen LogP contribution < -0.4 is 4.74 Å². The van der Waals surface area contributed by atoms with Crippen LogP contribution in [0.3, 0.4) is 0 Å². The molecule has 0 aliphatic rings. The molecule has 38 heavy (non-hydrogen) atoms. The molecule has 200 valence electrons. The molecule has 0 aromatic heterocycles. The predicted octanol–water partition coefficient (Wildman–Crippen LogP) is 7.16. The van der Waals surface area contributed by atoms with Crippen molar-refractivity contribution < 1.29 is 23.8 Å². The molecular formula is C32H35ClO5. The quantitative estimate of drug-likeness (QED) is 0.125. The maximum atomic E-state index is 11.8. The molecule has 0 radical (unpaired) electrons. The van der Waals surface area contributed by atoms with Gasteiger partial charge in [-0.3, -0.25) is 0 Å². The number of hydrogen-bond donors (Lipinski definition) is 0. The van der Waals surface area contributed by atoms with Crippen molar-refractivity contribution in [3.05, 3.63) is 107 Å². The van der Waals surface area contributed by atoms with Crippen LogP contribution in [0.15, 0.2) is 78.9 Å². The van der Waals surface area contributed by atoms with Crippen LogP contribution in [-0.4, -0.2) is 38.6 Å². The number of esters is 2. The first-order chi connectivity index (χ1) is 18.5. The fourth-order valence-corrected chi connectivity index (χ4v) is 4.30. The van der Waals surface area contributed by atoms with Crippen molar-refractivity contribution in [1.82, 2.24) is 0 Å². The Balaban J connectivity index is 1.75. The molecule has 5 nitrogen and oxygen atoms in total. The van der Waals surface area contributed by atoms with Crippen molar-refractivity contribution in [2.75, 3.05) is 26.7 Å². The van der Waals surface area contributed by atoms with Crippen molar-refractivity contribution in [1.29, 1.82) is 0 Å². The molecule has 0 fully saturated rings. The summed E-state index contributed by atoms with van der Waals surface area (Å²) in [6, 6.07) is 23.1. The second-order valence-corrected chi connectivity index (χ2v) is 9.40. The van der Waals surface area contributed by atoms with Gasteiger partial charge in [0.05, 0.1) is 32.0 Å². The lowest BCUT2D eigenvalue weighted by Crippen LogP contribution is -2.06. The molecule has 0 aliphatic heterocycles. The number of allylic oxidation sites excluding steroid dienone is 1. The van der Waals surface area contributed by atoms with E-state index in [1.165, 1.54) is 14.2 Å². The minimum absolute atomic E-state index is 0.239. The van der Waals surface area contributed by atoms with Crippen LogP contribution >= 0.6 is 11.6 Å². The summed E-state index contributed by atoms with van der Waals surface area (Å²) < 4.78 is 15.6. The summed E-state index contributed by atoms with van der Waals surface area (Å²) in [7, 11) is 2.77. The van der Waals surface area contributed by atoms with E-state index in [-0.39, 0.29) is 17.9 Å². The molecule has 0 heterocycles. The van der Waals surface area contributed by atoms with E-state index in [2.05, 4.69) is 18.2 Å². The third kappa shape index (κ3) is 9.07. The van der Waals surface area contributed by atoms with E-state index >= 15 is 0 Å². The molecule has 0 spiro atoms. The number of hydrogen-bond acceptors (Lipinski definition) is 5. The first-order valence-electron chi connectivity index (χ1n) is 12.8. The third-order valence-corrected chi connectivity index (χ3v) is 6.57. The Morgan fingerprint density at radius 1 is 0.816 bits per heavy atom. The summed E-state index contributed by atoms with van der Waals surface area (Å²) in [5.74, 6) is 1.06. The SMILES string of the molecule is COC(=O)c1ccc(CCC(C=Cc2ccccc2OCCCCCl)Cc2ccc(C(=O)OC)cc2)cc1. The van der Waals surface area contributed by atoms with Gasteiger partial charge in [0.25, 0.3) is 0 Å². The number of carbonyl (C=O) groups is 2. The number of unbranched alkanes of at least 4 members (excludes halogenated alkanes) is 1. The lowest BCUT2D eigenvalue weighted by atomic mass is 9.91. The lowest BCUT2D eigenvalue weighted by molar-refractivity contribution is 0.0592. The van der Waals surface area contributed by atoms with E-state index in [0.717, 1.165) is 54.5 Å². The molecule has 0 amide bonds. The van der Waals surface area contributed by atoms with Crippen molar-refractivity contribution in [2.45, 2.75) is 32.1 Å². The van der Waals surface area contributed by atoms with Crippen LogP contribution in [0, 0.1) is 5.92 Å². The Kier molecular flexibility index (Phi) is 11.9. The zero-order valence-corrected chi connectivity index (χ0v) is 22.8. The van der Waals surface area contributed by atoms with Crippen LogP contribution in [0.2, 0.25) is 0 Å². The molecule has 3 rings (SSSR count). The molecule has 0 bridgehead atoms. The highest BCUT2D eigenvalue weighted by atomic mass is 35.5. The van der Waals surface area contributed by atoms with Gasteiger partial charge in [-0.05, 0) is 79.5 Å².